The summed E-state index contributed by atoms with van der Waals surface area (Å²) in [4.78, 5) is 29.8. The third kappa shape index (κ3) is 3.96. The third-order valence-corrected chi connectivity index (χ3v) is 10.1. The SMILES string of the molecule is CC(=O)C1(O)CCC2C3CCC4=CC(=NOCC(=O)NCc5ccco5)CCC4(C)C3CCC21C. The summed E-state index contributed by atoms with van der Waals surface area (Å²) in [6.07, 6.45) is 11.3. The fourth-order valence-corrected chi connectivity index (χ4v) is 8.06. The van der Waals surface area contributed by atoms with Crippen LogP contribution >= 0.6 is 0 Å². The van der Waals surface area contributed by atoms with Crippen molar-refractivity contribution in [3.8, 4) is 0 Å². The molecular formula is C28H38N2O5. The molecule has 4 aliphatic rings. The van der Waals surface area contributed by atoms with Crippen LogP contribution in [0.15, 0.2) is 39.6 Å². The van der Waals surface area contributed by atoms with E-state index in [4.69, 9.17) is 9.25 Å². The predicted molar refractivity (Wildman–Crippen MR) is 131 cm³/mol. The average Bonchev–Trinajstić information content (AvgIpc) is 3.44. The van der Waals surface area contributed by atoms with Gasteiger partial charge >= 0.3 is 0 Å². The van der Waals surface area contributed by atoms with Crippen molar-refractivity contribution in [2.75, 3.05) is 6.61 Å². The van der Waals surface area contributed by atoms with Gasteiger partial charge in [0.15, 0.2) is 12.4 Å². The maximum atomic E-state index is 12.4. The number of hydrogen-bond acceptors (Lipinski definition) is 6. The Hall–Kier alpha value is -2.41. The standard InChI is InChI=1S/C28H38N2O5/c1-18(31)28(33)13-10-24-22-7-6-19-15-20(8-11-26(19,2)23(22)9-12-27(24,28)3)30-35-17-25(32)29-16-21-5-4-14-34-21/h4-5,14-15,22-24,33H,6-13,16-17H2,1-3H3,(H,29,32). The highest BCUT2D eigenvalue weighted by molar-refractivity contribution is 5.96. The first-order valence-corrected chi connectivity index (χ1v) is 13.1. The van der Waals surface area contributed by atoms with E-state index in [0.29, 0.717) is 36.5 Å². The summed E-state index contributed by atoms with van der Waals surface area (Å²) in [6.45, 7) is 6.36. The summed E-state index contributed by atoms with van der Waals surface area (Å²) in [6, 6.07) is 3.59. The minimum Gasteiger partial charge on any atom is -0.467 e. The van der Waals surface area contributed by atoms with Gasteiger partial charge in [0.05, 0.1) is 18.5 Å². The molecule has 3 fully saturated rings. The van der Waals surface area contributed by atoms with Crippen LogP contribution in [0.5, 0.6) is 0 Å². The Morgan fingerprint density at radius 2 is 1.97 bits per heavy atom. The second-order valence-corrected chi connectivity index (χ2v) is 11.6. The van der Waals surface area contributed by atoms with Crippen molar-refractivity contribution in [3.05, 3.63) is 35.8 Å². The number of carbonyl (C=O) groups is 2. The number of amides is 1. The number of carbonyl (C=O) groups excluding carboxylic acids is 2. The molecule has 1 amide bonds. The van der Waals surface area contributed by atoms with Crippen LogP contribution in [0.1, 0.15) is 77.9 Å². The van der Waals surface area contributed by atoms with Gasteiger partial charge in [-0.1, -0.05) is 24.6 Å². The number of oxime groups is 1. The zero-order valence-electron chi connectivity index (χ0n) is 21.1. The number of aliphatic hydroxyl groups is 1. The molecule has 0 bridgehead atoms. The van der Waals surface area contributed by atoms with Gasteiger partial charge < -0.3 is 19.7 Å². The molecule has 7 nitrogen and oxygen atoms in total. The number of nitrogens with zero attached hydrogens (tertiary/aromatic N) is 1. The van der Waals surface area contributed by atoms with Gasteiger partial charge in [0.2, 0.25) is 0 Å². The van der Waals surface area contributed by atoms with Crippen molar-refractivity contribution >= 4 is 17.4 Å². The van der Waals surface area contributed by atoms with Crippen LogP contribution in [-0.4, -0.2) is 34.7 Å². The van der Waals surface area contributed by atoms with Crippen LogP contribution in [0.2, 0.25) is 0 Å². The molecule has 0 saturated heterocycles. The van der Waals surface area contributed by atoms with Crippen LogP contribution in [0.25, 0.3) is 0 Å². The number of Topliss-reactive ketones (excluding diaryl/α,β-unsaturated/α-hetero) is 1. The quantitative estimate of drug-likeness (QED) is 0.579. The second kappa shape index (κ2) is 8.91. The summed E-state index contributed by atoms with van der Waals surface area (Å²) in [5.74, 6) is 1.94. The molecule has 1 aromatic heterocycles. The summed E-state index contributed by atoms with van der Waals surface area (Å²) in [5.41, 5.74) is 1.01. The van der Waals surface area contributed by atoms with E-state index in [1.807, 2.05) is 6.07 Å². The number of ketones is 1. The molecule has 35 heavy (non-hydrogen) atoms. The van der Waals surface area contributed by atoms with E-state index < -0.39 is 5.60 Å². The van der Waals surface area contributed by atoms with Crippen LogP contribution in [0, 0.1) is 28.6 Å². The molecule has 5 rings (SSSR count). The van der Waals surface area contributed by atoms with Gasteiger partial charge in [-0.2, -0.15) is 0 Å². The van der Waals surface area contributed by atoms with Gasteiger partial charge in [0.25, 0.3) is 5.91 Å². The summed E-state index contributed by atoms with van der Waals surface area (Å²) in [7, 11) is 0. The van der Waals surface area contributed by atoms with Crippen molar-refractivity contribution in [1.82, 2.24) is 5.32 Å². The Morgan fingerprint density at radius 3 is 2.71 bits per heavy atom. The zero-order chi connectivity index (χ0) is 24.8. The number of hydrogen-bond donors (Lipinski definition) is 2. The molecule has 6 unspecified atom stereocenters. The van der Waals surface area contributed by atoms with E-state index in [1.165, 1.54) is 5.57 Å². The summed E-state index contributed by atoms with van der Waals surface area (Å²) in [5, 5.41) is 18.4. The smallest absolute Gasteiger partial charge is 0.261 e. The Kier molecular flexibility index (Phi) is 6.19. The maximum absolute atomic E-state index is 12.4. The molecule has 0 aliphatic heterocycles. The van der Waals surface area contributed by atoms with Crippen LogP contribution in [0.3, 0.4) is 0 Å². The highest BCUT2D eigenvalue weighted by Crippen LogP contribution is 2.67. The minimum absolute atomic E-state index is 0.0586. The third-order valence-electron chi connectivity index (χ3n) is 10.1. The lowest BCUT2D eigenvalue weighted by atomic mass is 9.46. The first-order chi connectivity index (χ1) is 16.7. The Balaban J connectivity index is 1.23. The number of furan rings is 1. The first-order valence-electron chi connectivity index (χ1n) is 13.1. The fourth-order valence-electron chi connectivity index (χ4n) is 8.06. The predicted octanol–water partition coefficient (Wildman–Crippen LogP) is 4.55. The molecule has 7 heteroatoms. The lowest BCUT2D eigenvalue weighted by molar-refractivity contribution is -0.159. The largest absolute Gasteiger partial charge is 0.467 e. The highest BCUT2D eigenvalue weighted by atomic mass is 16.6. The van der Waals surface area contributed by atoms with Gasteiger partial charge in [-0.3, -0.25) is 9.59 Å². The van der Waals surface area contributed by atoms with Crippen molar-refractivity contribution < 1.29 is 24.0 Å². The van der Waals surface area contributed by atoms with E-state index in [-0.39, 0.29) is 29.1 Å². The number of allylic oxidation sites excluding steroid dienone is 2. The van der Waals surface area contributed by atoms with Crippen LogP contribution in [0.4, 0.5) is 0 Å². The van der Waals surface area contributed by atoms with Gasteiger partial charge in [0, 0.05) is 5.41 Å². The van der Waals surface area contributed by atoms with Gasteiger partial charge in [-0.05, 0) is 99.7 Å². The minimum atomic E-state index is -1.16. The van der Waals surface area contributed by atoms with E-state index >= 15 is 0 Å². The second-order valence-electron chi connectivity index (χ2n) is 11.6. The Labute approximate surface area is 207 Å². The van der Waals surface area contributed by atoms with E-state index in [0.717, 1.165) is 50.7 Å². The molecule has 1 heterocycles. The molecule has 0 aromatic carbocycles. The summed E-state index contributed by atoms with van der Waals surface area (Å²) < 4.78 is 5.21. The van der Waals surface area contributed by atoms with E-state index in [9.17, 15) is 14.7 Å². The van der Waals surface area contributed by atoms with Crippen LogP contribution in [-0.2, 0) is 21.0 Å². The van der Waals surface area contributed by atoms with Gasteiger partial charge in [-0.15, -0.1) is 0 Å². The van der Waals surface area contributed by atoms with Gasteiger partial charge in [0.1, 0.15) is 11.4 Å². The van der Waals surface area contributed by atoms with E-state index in [1.54, 1.807) is 19.3 Å². The molecule has 2 N–H and O–H groups in total. The van der Waals surface area contributed by atoms with Crippen molar-refractivity contribution in [2.45, 2.75) is 84.3 Å². The first kappa shape index (κ1) is 24.3. The zero-order valence-corrected chi connectivity index (χ0v) is 21.1. The molecule has 190 valence electrons. The molecular weight excluding hydrogens is 444 g/mol. The van der Waals surface area contributed by atoms with Crippen molar-refractivity contribution in [1.29, 1.82) is 0 Å². The fraction of sp³-hybridized carbons (Fsp3) is 0.679. The molecule has 3 saturated carbocycles. The normalized spacial score (nSPS) is 39.3. The summed E-state index contributed by atoms with van der Waals surface area (Å²) >= 11 is 0. The van der Waals surface area contributed by atoms with Crippen molar-refractivity contribution in [2.24, 2.45) is 33.7 Å². The molecule has 0 spiro atoms. The topological polar surface area (TPSA) is 101 Å². The van der Waals surface area contributed by atoms with Crippen LogP contribution < -0.4 is 5.32 Å². The lowest BCUT2D eigenvalue weighted by Crippen LogP contribution is -2.57. The number of rotatable bonds is 6. The lowest BCUT2D eigenvalue weighted by Gasteiger charge is -2.59. The molecule has 6 atom stereocenters. The van der Waals surface area contributed by atoms with E-state index in [2.05, 4.69) is 30.4 Å². The highest BCUT2D eigenvalue weighted by Gasteiger charge is 2.65. The van der Waals surface area contributed by atoms with Gasteiger partial charge in [-0.25, -0.2) is 0 Å². The number of fused-ring (bicyclic) bond motifs is 5. The maximum Gasteiger partial charge on any atom is 0.261 e. The molecule has 4 aliphatic carbocycles. The molecule has 0 radical (unpaired) electrons. The Morgan fingerprint density at radius 1 is 1.17 bits per heavy atom. The monoisotopic (exact) mass is 482 g/mol. The van der Waals surface area contributed by atoms with Crippen molar-refractivity contribution in [3.63, 3.8) is 0 Å². The number of nitrogens with one attached hydrogen (secondary N) is 1. The molecule has 1 aromatic rings. The average molecular weight is 483 g/mol. The Bertz CT molecular complexity index is 1050.